The van der Waals surface area contributed by atoms with Crippen LogP contribution in [0.2, 0.25) is 10.0 Å². The highest BCUT2D eigenvalue weighted by Crippen LogP contribution is 2.45. The van der Waals surface area contributed by atoms with Gasteiger partial charge in [-0.1, -0.05) is 59.6 Å². The number of hydrogen-bond donors (Lipinski definition) is 8. The predicted molar refractivity (Wildman–Crippen MR) is 434 cm³/mol. The number of nitrogens with zero attached hydrogens (tertiary/aromatic N) is 11. The number of ether oxygens (including phenoxy) is 7. The van der Waals surface area contributed by atoms with Crippen molar-refractivity contribution in [1.82, 2.24) is 70.4 Å². The van der Waals surface area contributed by atoms with E-state index >= 15 is 0 Å². The van der Waals surface area contributed by atoms with Crippen molar-refractivity contribution in [3.63, 3.8) is 0 Å². The van der Waals surface area contributed by atoms with Crippen LogP contribution in [-0.2, 0) is 36.7 Å². The monoisotopic (exact) mass is 1770 g/mol. The van der Waals surface area contributed by atoms with Gasteiger partial charge in [-0.2, -0.15) is 41.3 Å². The minimum Gasteiger partial charge on any atom is -0.495 e. The number of hydrogen-bond acceptors (Lipinski definition) is 26. The molecule has 9 aromatic rings. The standard InChI is InChI=1S/C31H34Cl2N6O5.C26H26F4N6O4.C25H23F4N5O6/c1-38-17-18-4-3-5-25(27(18)30(38)41)44-29-23(33)16-34-31(37-29)36-24-15-22(32)21(14-26(24)42-2)28(40)35-19-6-10-39(11-7-19)20-8-12-43-13-9-20;1-35(2)9-8-31-22(37)15-10-20(39-4)18(11-17(15)27)33-25-32-12-16(26(28,29)30)23(34-25)40-19-7-5-6-14-13-36(3)24(38)21(14)19;1-34-10-12-4-3-5-18(20(12)23(34)38)40-22-15(25(27,28)29)9-31-24(33-22)32-17-7-16(26)14(6-19(17)39-2)21(37)30-8-13(36)11-35/h3-5,14-16,19-20H,6-13,17H2,1-2H3,(H,35,40)(H,34,36,37);5-7,10-12H,8-9,13H2,1-4H3,(H,31,37)(H,32,33,34);3-7,9,13,35-36H,8,10-11H2,1-2H3,(H,30,37)(H,31,32,33)/t;;13-/m..0/s1. The molecule has 32 nitrogen and oxygen atoms in total. The molecule has 0 aliphatic carbocycles. The number of aromatic nitrogens is 6. The first-order valence-corrected chi connectivity index (χ1v) is 39.0. The SMILES string of the molecule is COc1cc(C(=O)NC2CCN(C3CCOCC3)CC2)c(Cl)cc1Nc1ncc(Cl)c(Oc2cccc3c2C(=O)N(C)C3)n1.COc1cc(C(=O)NCCN(C)C)c(F)cc1Nc1ncc(C(F)(F)F)c(Oc2cccc3c2C(=O)N(C)C3)n1.COc1cc(C(=O)NC[C@H](O)CO)c(F)cc1Nc1ncc(C(F)(F)F)c(Oc2cccc3c2C(=O)N(C)C3)n1. The molecule has 14 rings (SSSR count). The molecule has 0 saturated carbocycles. The summed E-state index contributed by atoms with van der Waals surface area (Å²) in [5.41, 5.74) is -0.00975. The van der Waals surface area contributed by atoms with Crippen LogP contribution in [-0.4, -0.2) is 227 Å². The number of carbonyl (C=O) groups excluding carboxylic acids is 6. The van der Waals surface area contributed by atoms with E-state index in [0.717, 1.165) is 81.8 Å². The largest absolute Gasteiger partial charge is 0.495 e. The number of likely N-dealkylation sites (N-methyl/N-ethyl adjacent to an activating group) is 1. The Labute approximate surface area is 713 Å². The maximum atomic E-state index is 14.9. The number of anilines is 6. The van der Waals surface area contributed by atoms with Gasteiger partial charge in [0.1, 0.15) is 62.3 Å². The van der Waals surface area contributed by atoms with Gasteiger partial charge in [0, 0.05) is 123 Å². The molecule has 0 radical (unpaired) electrons. The Bertz CT molecular complexity index is 5520. The first-order chi connectivity index (χ1) is 59.1. The van der Waals surface area contributed by atoms with E-state index < -0.39 is 94.7 Å². The lowest BCUT2D eigenvalue weighted by Gasteiger charge is -2.39. The van der Waals surface area contributed by atoms with Crippen molar-refractivity contribution in [3.8, 4) is 52.1 Å². The Balaban J connectivity index is 0.000000170. The molecular formula is C82H83Cl2F8N17O15. The van der Waals surface area contributed by atoms with E-state index in [4.69, 9.17) is 61.5 Å². The predicted octanol–water partition coefficient (Wildman–Crippen LogP) is 12.2. The summed E-state index contributed by atoms with van der Waals surface area (Å²) in [7, 11) is 12.5. The Morgan fingerprint density at radius 1 is 0.548 bits per heavy atom. The summed E-state index contributed by atoms with van der Waals surface area (Å²) in [5.74, 6) is -6.66. The number of alkyl halides is 6. The summed E-state index contributed by atoms with van der Waals surface area (Å²) in [4.78, 5) is 108. The number of carbonyl (C=O) groups is 6. The molecule has 656 valence electrons. The topological polar surface area (TPSA) is 373 Å². The second-order valence-electron chi connectivity index (χ2n) is 29.0. The van der Waals surface area contributed by atoms with Gasteiger partial charge in [0.15, 0.2) is 0 Å². The molecule has 0 spiro atoms. The highest BCUT2D eigenvalue weighted by molar-refractivity contribution is 6.34. The van der Waals surface area contributed by atoms with Crippen molar-refractivity contribution in [3.05, 3.63) is 192 Å². The molecule has 8 heterocycles. The van der Waals surface area contributed by atoms with E-state index in [0.29, 0.717) is 71.0 Å². The quantitative estimate of drug-likeness (QED) is 0.0233. The molecule has 42 heteroatoms. The van der Waals surface area contributed by atoms with E-state index in [2.05, 4.69) is 66.7 Å². The molecular weight excluding hydrogens is 1690 g/mol. The van der Waals surface area contributed by atoms with Crippen LogP contribution in [0.25, 0.3) is 0 Å². The van der Waals surface area contributed by atoms with Crippen LogP contribution in [0, 0.1) is 11.6 Å². The maximum Gasteiger partial charge on any atom is 0.423 e. The van der Waals surface area contributed by atoms with Crippen LogP contribution in [0.5, 0.6) is 52.1 Å². The van der Waals surface area contributed by atoms with E-state index in [-0.39, 0.29) is 123 Å². The Kier molecular flexibility index (Phi) is 28.7. The number of aliphatic hydroxyl groups is 2. The van der Waals surface area contributed by atoms with Crippen LogP contribution in [0.1, 0.15) is 116 Å². The smallest absolute Gasteiger partial charge is 0.423 e. The average Bonchev–Trinajstić information content (AvgIpc) is 1.76. The molecule has 6 aromatic carbocycles. The molecule has 124 heavy (non-hydrogen) atoms. The molecule has 6 amide bonds. The highest BCUT2D eigenvalue weighted by Gasteiger charge is 2.41. The number of piperidine rings is 1. The van der Waals surface area contributed by atoms with Gasteiger partial charge in [-0.15, -0.1) is 0 Å². The molecule has 5 aliphatic heterocycles. The molecule has 3 aromatic heterocycles. The van der Waals surface area contributed by atoms with E-state index in [9.17, 15) is 69.0 Å². The van der Waals surface area contributed by atoms with Crippen molar-refractivity contribution in [2.24, 2.45) is 0 Å². The first kappa shape index (κ1) is 90.6. The van der Waals surface area contributed by atoms with Gasteiger partial charge in [0.2, 0.25) is 35.5 Å². The van der Waals surface area contributed by atoms with Crippen LogP contribution >= 0.6 is 23.2 Å². The second kappa shape index (κ2) is 39.3. The van der Waals surface area contributed by atoms with Gasteiger partial charge in [-0.25, -0.2) is 23.7 Å². The number of methoxy groups -OCH3 is 3. The summed E-state index contributed by atoms with van der Waals surface area (Å²) in [6.45, 7) is 4.43. The molecule has 2 fully saturated rings. The third-order valence-corrected chi connectivity index (χ3v) is 20.7. The summed E-state index contributed by atoms with van der Waals surface area (Å²) < 4.78 is 151. The fourth-order valence-corrected chi connectivity index (χ4v) is 14.2. The van der Waals surface area contributed by atoms with E-state index in [1.807, 2.05) is 31.1 Å². The molecule has 2 saturated heterocycles. The number of fused-ring (bicyclic) bond motifs is 3. The maximum absolute atomic E-state index is 14.9. The van der Waals surface area contributed by atoms with Crippen LogP contribution in [0.3, 0.4) is 0 Å². The zero-order valence-corrected chi connectivity index (χ0v) is 69.1. The number of rotatable bonds is 26. The van der Waals surface area contributed by atoms with E-state index in [1.165, 1.54) is 55.5 Å². The molecule has 5 aliphatic rings. The summed E-state index contributed by atoms with van der Waals surface area (Å²) >= 11 is 13.0. The minimum atomic E-state index is -4.91. The van der Waals surface area contributed by atoms with Crippen LogP contribution in [0.4, 0.5) is 70.0 Å². The van der Waals surface area contributed by atoms with Gasteiger partial charge in [0.05, 0.1) is 95.7 Å². The summed E-state index contributed by atoms with van der Waals surface area (Å²) in [6, 6.07) is 22.3. The number of benzene rings is 6. The van der Waals surface area contributed by atoms with Crippen molar-refractivity contribution < 1.29 is 107 Å². The molecule has 1 atom stereocenters. The fraction of sp³-hybridized carbons (Fsp3) is 0.341. The van der Waals surface area contributed by atoms with Crippen molar-refractivity contribution in [1.29, 1.82) is 0 Å². The number of amides is 6. The molecule has 8 N–H and O–H groups in total. The van der Waals surface area contributed by atoms with Crippen molar-refractivity contribution in [2.45, 2.75) is 75.9 Å². The average molecular weight is 1770 g/mol. The Morgan fingerprint density at radius 3 is 1.37 bits per heavy atom. The van der Waals surface area contributed by atoms with Gasteiger partial charge >= 0.3 is 12.4 Å². The number of nitrogens with one attached hydrogen (secondary N) is 6. The van der Waals surface area contributed by atoms with Crippen LogP contribution in [0.15, 0.2) is 110 Å². The number of aliphatic hydroxyl groups excluding tert-OH is 2. The lowest BCUT2D eigenvalue weighted by molar-refractivity contribution is -0.140. The van der Waals surface area contributed by atoms with Crippen molar-refractivity contribution >= 4 is 93.6 Å². The lowest BCUT2D eigenvalue weighted by atomic mass is 9.99. The number of likely N-dealkylation sites (tertiary alicyclic amines) is 1. The van der Waals surface area contributed by atoms with Gasteiger partial charge in [-0.05, 0) is 98.9 Å². The molecule has 0 bridgehead atoms. The zero-order valence-electron chi connectivity index (χ0n) is 67.6. The minimum absolute atomic E-state index is 0.0136. The van der Waals surface area contributed by atoms with E-state index in [1.54, 1.807) is 62.4 Å². The lowest BCUT2D eigenvalue weighted by Crippen LogP contribution is -2.49. The Hall–Kier alpha value is -12.6. The number of halogens is 10. The third-order valence-electron chi connectivity index (χ3n) is 20.2. The van der Waals surface area contributed by atoms with Crippen molar-refractivity contribution in [2.75, 3.05) is 125 Å². The summed E-state index contributed by atoms with van der Waals surface area (Å²) in [6.07, 6.45) is -4.76. The van der Waals surface area contributed by atoms with Gasteiger partial charge < -0.3 is 99.8 Å². The first-order valence-electron chi connectivity index (χ1n) is 38.2. The normalized spacial score (nSPS) is 14.9. The highest BCUT2D eigenvalue weighted by atomic mass is 35.5. The van der Waals surface area contributed by atoms with Crippen LogP contribution < -0.4 is 60.3 Å². The second-order valence-corrected chi connectivity index (χ2v) is 29.8. The third kappa shape index (κ3) is 21.3. The van der Waals surface area contributed by atoms with Gasteiger partial charge in [0.25, 0.3) is 35.4 Å². The molecule has 0 unspecified atom stereocenters. The zero-order chi connectivity index (χ0) is 89.2. The Morgan fingerprint density at radius 2 is 0.952 bits per heavy atom. The van der Waals surface area contributed by atoms with Gasteiger partial charge in [-0.3, -0.25) is 28.8 Å². The fourth-order valence-electron chi connectivity index (χ4n) is 13.8. The summed E-state index contributed by atoms with van der Waals surface area (Å²) in [5, 5.41) is 34.9.